The van der Waals surface area contributed by atoms with Crippen LogP contribution >= 0.6 is 11.6 Å². The van der Waals surface area contributed by atoms with Crippen molar-refractivity contribution in [1.29, 1.82) is 0 Å². The number of carbonyl (C=O) groups is 1. The topological polar surface area (TPSA) is 76.7 Å². The van der Waals surface area contributed by atoms with E-state index in [-0.39, 0.29) is 5.97 Å². The van der Waals surface area contributed by atoms with Crippen LogP contribution in [0.1, 0.15) is 61.6 Å². The van der Waals surface area contributed by atoms with Gasteiger partial charge in [-0.25, -0.2) is 9.78 Å². The summed E-state index contributed by atoms with van der Waals surface area (Å²) in [6.45, 7) is 8.17. The maximum Gasteiger partial charge on any atom is 0.339 e. The van der Waals surface area contributed by atoms with Gasteiger partial charge in [-0.05, 0) is 49.9 Å². The Bertz CT molecular complexity index is 1110. The van der Waals surface area contributed by atoms with Crippen LogP contribution in [0.25, 0.3) is 11.1 Å². The number of ether oxygens (including phenoxy) is 1. The van der Waals surface area contributed by atoms with E-state index >= 15 is 0 Å². The number of rotatable bonds is 7. The molecule has 0 saturated carbocycles. The van der Waals surface area contributed by atoms with Crippen LogP contribution in [0.3, 0.4) is 0 Å². The van der Waals surface area contributed by atoms with Crippen molar-refractivity contribution in [2.45, 2.75) is 52.7 Å². The molecule has 2 aromatic carbocycles. The minimum atomic E-state index is -0.564. The number of aromatic nitrogens is 2. The van der Waals surface area contributed by atoms with Crippen LogP contribution in [0, 0.1) is 0 Å². The standard InChI is InChI=1S/C25H28ClN3O3/c1-5-8-22-28-23(26)21(15-27-31)29(22)16-17-11-13-18(14-12-17)19-9-6-7-10-20(19)24(30)32-25(2,3)4/h6-7,9-15,31H,5,8,16H2,1-4H3/b27-15-. The van der Waals surface area contributed by atoms with Crippen LogP contribution in [0.15, 0.2) is 53.7 Å². The van der Waals surface area contributed by atoms with Crippen LogP contribution in [0.5, 0.6) is 0 Å². The minimum absolute atomic E-state index is 0.314. The van der Waals surface area contributed by atoms with Gasteiger partial charge in [0.2, 0.25) is 0 Å². The molecule has 0 bridgehead atoms. The number of halogens is 1. The van der Waals surface area contributed by atoms with E-state index in [1.165, 1.54) is 6.21 Å². The maximum absolute atomic E-state index is 12.7. The average Bonchev–Trinajstić information content (AvgIpc) is 3.02. The molecular weight excluding hydrogens is 426 g/mol. The molecule has 32 heavy (non-hydrogen) atoms. The van der Waals surface area contributed by atoms with E-state index in [0.717, 1.165) is 35.4 Å². The summed E-state index contributed by atoms with van der Waals surface area (Å²) in [6.07, 6.45) is 2.99. The molecule has 0 aliphatic carbocycles. The number of oxime groups is 1. The third-order valence-corrected chi connectivity index (χ3v) is 5.12. The van der Waals surface area contributed by atoms with Crippen molar-refractivity contribution in [1.82, 2.24) is 9.55 Å². The number of benzene rings is 2. The summed E-state index contributed by atoms with van der Waals surface area (Å²) in [6, 6.07) is 15.4. The molecule has 1 heterocycles. The smallest absolute Gasteiger partial charge is 0.339 e. The molecule has 0 radical (unpaired) electrons. The molecule has 0 atom stereocenters. The minimum Gasteiger partial charge on any atom is -0.456 e. The lowest BCUT2D eigenvalue weighted by atomic mass is 9.98. The summed E-state index contributed by atoms with van der Waals surface area (Å²) in [5, 5.41) is 12.5. The van der Waals surface area contributed by atoms with Crippen LogP contribution < -0.4 is 0 Å². The van der Waals surface area contributed by atoms with Crippen molar-refractivity contribution < 1.29 is 14.7 Å². The van der Waals surface area contributed by atoms with Gasteiger partial charge in [-0.15, -0.1) is 0 Å². The normalized spacial score (nSPS) is 11.8. The van der Waals surface area contributed by atoms with Crippen LogP contribution in [-0.2, 0) is 17.7 Å². The number of nitrogens with zero attached hydrogens (tertiary/aromatic N) is 3. The highest BCUT2D eigenvalue weighted by Crippen LogP contribution is 2.27. The predicted octanol–water partition coefficient (Wildman–Crippen LogP) is 5.97. The molecule has 0 fully saturated rings. The molecule has 6 nitrogen and oxygen atoms in total. The quantitative estimate of drug-likeness (QED) is 0.207. The number of esters is 1. The number of carbonyl (C=O) groups excluding carboxylic acids is 1. The van der Waals surface area contributed by atoms with Crippen molar-refractivity contribution in [2.24, 2.45) is 5.16 Å². The molecule has 0 spiro atoms. The first kappa shape index (κ1) is 23.5. The maximum atomic E-state index is 12.7. The molecule has 168 valence electrons. The van der Waals surface area contributed by atoms with Crippen molar-refractivity contribution in [3.8, 4) is 11.1 Å². The zero-order valence-electron chi connectivity index (χ0n) is 18.8. The van der Waals surface area contributed by atoms with Crippen molar-refractivity contribution in [2.75, 3.05) is 0 Å². The van der Waals surface area contributed by atoms with E-state index in [1.807, 2.05) is 67.8 Å². The molecule has 0 amide bonds. The molecule has 3 rings (SSSR count). The zero-order chi connectivity index (χ0) is 23.3. The molecule has 0 aliphatic heterocycles. The first-order valence-corrected chi connectivity index (χ1v) is 10.9. The van der Waals surface area contributed by atoms with Gasteiger partial charge in [0.15, 0.2) is 5.15 Å². The summed E-state index contributed by atoms with van der Waals surface area (Å²) in [5.41, 5.74) is 3.30. The number of aryl methyl sites for hydroxylation is 1. The lowest BCUT2D eigenvalue weighted by Gasteiger charge is -2.20. The number of hydrogen-bond acceptors (Lipinski definition) is 5. The van der Waals surface area contributed by atoms with Crippen LogP contribution in [0.2, 0.25) is 5.15 Å². The third-order valence-electron chi connectivity index (χ3n) is 4.85. The van der Waals surface area contributed by atoms with Gasteiger partial charge in [0.25, 0.3) is 0 Å². The molecule has 3 aromatic rings. The van der Waals surface area contributed by atoms with Gasteiger partial charge < -0.3 is 14.5 Å². The van der Waals surface area contributed by atoms with E-state index in [9.17, 15) is 4.79 Å². The molecule has 0 saturated heterocycles. The Labute approximate surface area is 193 Å². The average molecular weight is 454 g/mol. The Morgan fingerprint density at radius 2 is 1.88 bits per heavy atom. The number of hydrogen-bond donors (Lipinski definition) is 1. The van der Waals surface area contributed by atoms with Gasteiger partial charge in [0.05, 0.1) is 11.8 Å². The molecule has 0 aliphatic rings. The first-order chi connectivity index (χ1) is 15.2. The Morgan fingerprint density at radius 3 is 2.50 bits per heavy atom. The Kier molecular flexibility index (Phi) is 7.36. The summed E-state index contributed by atoms with van der Waals surface area (Å²) >= 11 is 6.25. The van der Waals surface area contributed by atoms with Crippen molar-refractivity contribution in [3.63, 3.8) is 0 Å². The van der Waals surface area contributed by atoms with Crippen LogP contribution in [-0.4, -0.2) is 32.5 Å². The van der Waals surface area contributed by atoms with Gasteiger partial charge in [0, 0.05) is 13.0 Å². The van der Waals surface area contributed by atoms with Crippen molar-refractivity contribution in [3.05, 3.63) is 76.3 Å². The second-order valence-corrected chi connectivity index (χ2v) is 8.89. The SMILES string of the molecule is CCCc1nc(Cl)c(/C=N\O)n1Cc1ccc(-c2ccccc2C(=O)OC(C)(C)C)cc1. The van der Waals surface area contributed by atoms with Gasteiger partial charge in [-0.2, -0.15) is 0 Å². The van der Waals surface area contributed by atoms with E-state index in [0.29, 0.717) is 23.0 Å². The molecule has 1 aromatic heterocycles. The molecule has 1 N–H and O–H groups in total. The van der Waals surface area contributed by atoms with Gasteiger partial charge in [-0.1, -0.05) is 66.1 Å². The fraction of sp³-hybridized carbons (Fsp3) is 0.320. The van der Waals surface area contributed by atoms with E-state index < -0.39 is 5.60 Å². The molecule has 7 heteroatoms. The Balaban J connectivity index is 1.90. The summed E-state index contributed by atoms with van der Waals surface area (Å²) in [5.74, 6) is 0.495. The lowest BCUT2D eigenvalue weighted by molar-refractivity contribution is 0.00704. The highest BCUT2D eigenvalue weighted by atomic mass is 35.5. The van der Waals surface area contributed by atoms with E-state index in [4.69, 9.17) is 21.5 Å². The summed E-state index contributed by atoms with van der Waals surface area (Å²) in [4.78, 5) is 17.1. The van der Waals surface area contributed by atoms with E-state index in [1.54, 1.807) is 6.07 Å². The largest absolute Gasteiger partial charge is 0.456 e. The first-order valence-electron chi connectivity index (χ1n) is 10.6. The third kappa shape index (κ3) is 5.56. The highest BCUT2D eigenvalue weighted by molar-refractivity contribution is 6.31. The fourth-order valence-electron chi connectivity index (χ4n) is 3.47. The predicted molar refractivity (Wildman–Crippen MR) is 127 cm³/mol. The monoisotopic (exact) mass is 453 g/mol. The van der Waals surface area contributed by atoms with Gasteiger partial charge in [-0.3, -0.25) is 0 Å². The number of imidazole rings is 1. The molecular formula is C25H28ClN3O3. The summed E-state index contributed by atoms with van der Waals surface area (Å²) in [7, 11) is 0. The Hall–Kier alpha value is -3.12. The van der Waals surface area contributed by atoms with E-state index in [2.05, 4.69) is 17.1 Å². The molecule has 0 unspecified atom stereocenters. The Morgan fingerprint density at radius 1 is 1.19 bits per heavy atom. The van der Waals surface area contributed by atoms with Gasteiger partial charge in [0.1, 0.15) is 17.1 Å². The zero-order valence-corrected chi connectivity index (χ0v) is 19.6. The fourth-order valence-corrected chi connectivity index (χ4v) is 3.72. The second kappa shape index (κ2) is 10.0. The second-order valence-electron chi connectivity index (χ2n) is 8.53. The highest BCUT2D eigenvalue weighted by Gasteiger charge is 2.21. The van der Waals surface area contributed by atoms with Crippen molar-refractivity contribution >= 4 is 23.8 Å². The lowest BCUT2D eigenvalue weighted by Crippen LogP contribution is -2.24. The van der Waals surface area contributed by atoms with Gasteiger partial charge >= 0.3 is 5.97 Å². The van der Waals surface area contributed by atoms with Crippen LogP contribution in [0.4, 0.5) is 0 Å². The summed E-state index contributed by atoms with van der Waals surface area (Å²) < 4.78 is 7.52.